The van der Waals surface area contributed by atoms with Gasteiger partial charge < -0.3 is 10.2 Å². The molecule has 0 unspecified atom stereocenters. The van der Waals surface area contributed by atoms with E-state index >= 15 is 0 Å². The van der Waals surface area contributed by atoms with Crippen molar-refractivity contribution in [1.29, 1.82) is 0 Å². The molecule has 1 aromatic rings. The van der Waals surface area contributed by atoms with Crippen LogP contribution in [-0.2, 0) is 11.3 Å². The van der Waals surface area contributed by atoms with Crippen molar-refractivity contribution in [2.45, 2.75) is 25.6 Å². The molecule has 1 aliphatic heterocycles. The number of hydrogen-bond acceptors (Lipinski definition) is 2. The van der Waals surface area contributed by atoms with Gasteiger partial charge in [-0.1, -0.05) is 30.3 Å². The van der Waals surface area contributed by atoms with Gasteiger partial charge in [-0.2, -0.15) is 13.2 Å². The van der Waals surface area contributed by atoms with Crippen molar-refractivity contribution in [3.63, 3.8) is 0 Å². The number of halogens is 3. The smallest absolute Gasteiger partial charge is 0.329 e. The third-order valence-corrected chi connectivity index (χ3v) is 3.56. The molecular weight excluding hydrogens is 281 g/mol. The maximum absolute atomic E-state index is 12.7. The van der Waals surface area contributed by atoms with E-state index in [1.54, 1.807) is 30.3 Å². The molecule has 1 aliphatic rings. The Morgan fingerprint density at radius 1 is 1.29 bits per heavy atom. The second kappa shape index (κ2) is 6.93. The highest BCUT2D eigenvalue weighted by Crippen LogP contribution is 2.21. The molecule has 1 amide bonds. The lowest BCUT2D eigenvalue weighted by molar-refractivity contribution is -0.162. The van der Waals surface area contributed by atoms with E-state index in [2.05, 4.69) is 5.32 Å². The van der Waals surface area contributed by atoms with Crippen molar-refractivity contribution < 1.29 is 18.0 Å². The first-order valence-electron chi connectivity index (χ1n) is 7.03. The molecule has 0 radical (unpaired) electrons. The highest BCUT2D eigenvalue weighted by atomic mass is 19.4. The van der Waals surface area contributed by atoms with Gasteiger partial charge in [0.1, 0.15) is 6.54 Å². The van der Waals surface area contributed by atoms with Gasteiger partial charge in [-0.15, -0.1) is 0 Å². The summed E-state index contributed by atoms with van der Waals surface area (Å²) in [5.41, 5.74) is 0.708. The van der Waals surface area contributed by atoms with E-state index in [0.29, 0.717) is 12.1 Å². The molecule has 0 saturated carbocycles. The summed E-state index contributed by atoms with van der Waals surface area (Å²) in [5, 5.41) is 3.12. The van der Waals surface area contributed by atoms with Crippen molar-refractivity contribution >= 4 is 5.91 Å². The van der Waals surface area contributed by atoms with Crippen molar-refractivity contribution in [1.82, 2.24) is 10.2 Å². The summed E-state index contributed by atoms with van der Waals surface area (Å²) in [6, 6.07) is 8.77. The normalized spacial score (nSPS) is 18.7. The van der Waals surface area contributed by atoms with E-state index in [0.717, 1.165) is 17.9 Å². The summed E-state index contributed by atoms with van der Waals surface area (Å²) in [6.07, 6.45) is -3.36. The van der Waals surface area contributed by atoms with E-state index in [9.17, 15) is 18.0 Å². The van der Waals surface area contributed by atoms with Crippen LogP contribution in [0.25, 0.3) is 0 Å². The molecular formula is C15H19F3N2O. The Hall–Kier alpha value is -1.56. The minimum Gasteiger partial charge on any atom is -0.329 e. The molecule has 1 saturated heterocycles. The molecule has 3 nitrogen and oxygen atoms in total. The molecule has 1 aromatic carbocycles. The summed E-state index contributed by atoms with van der Waals surface area (Å²) >= 11 is 0. The molecule has 0 bridgehead atoms. The number of alkyl halides is 3. The van der Waals surface area contributed by atoms with E-state index in [1.807, 2.05) is 0 Å². The van der Waals surface area contributed by atoms with Crippen molar-refractivity contribution in [2.24, 2.45) is 5.92 Å². The zero-order chi connectivity index (χ0) is 15.3. The Morgan fingerprint density at radius 3 is 2.57 bits per heavy atom. The first-order valence-corrected chi connectivity index (χ1v) is 7.03. The van der Waals surface area contributed by atoms with Crippen LogP contribution < -0.4 is 5.32 Å². The lowest BCUT2D eigenvalue weighted by Crippen LogP contribution is -2.39. The molecule has 1 N–H and O–H groups in total. The van der Waals surface area contributed by atoms with Crippen LogP contribution in [0.1, 0.15) is 18.4 Å². The monoisotopic (exact) mass is 300 g/mol. The first-order chi connectivity index (χ1) is 9.94. The molecule has 2 rings (SSSR count). The van der Waals surface area contributed by atoms with Crippen LogP contribution in [0.5, 0.6) is 0 Å². The van der Waals surface area contributed by atoms with Gasteiger partial charge >= 0.3 is 6.18 Å². The third-order valence-electron chi connectivity index (χ3n) is 3.56. The fraction of sp³-hybridized carbons (Fsp3) is 0.533. The summed E-state index contributed by atoms with van der Waals surface area (Å²) < 4.78 is 38.0. The van der Waals surface area contributed by atoms with Crippen molar-refractivity contribution in [3.05, 3.63) is 35.9 Å². The second-order valence-corrected chi connectivity index (χ2v) is 5.41. The van der Waals surface area contributed by atoms with E-state index in [1.165, 1.54) is 0 Å². The van der Waals surface area contributed by atoms with Crippen LogP contribution in [0, 0.1) is 5.92 Å². The quantitative estimate of drug-likeness (QED) is 0.906. The number of amides is 1. The van der Waals surface area contributed by atoms with Gasteiger partial charge in [0.25, 0.3) is 0 Å². The average molecular weight is 300 g/mol. The summed E-state index contributed by atoms with van der Waals surface area (Å²) in [4.78, 5) is 13.1. The number of nitrogens with zero attached hydrogens (tertiary/aromatic N) is 1. The van der Waals surface area contributed by atoms with E-state index < -0.39 is 18.6 Å². The van der Waals surface area contributed by atoms with Crippen LogP contribution in [0.15, 0.2) is 30.3 Å². The molecule has 1 heterocycles. The van der Waals surface area contributed by atoms with E-state index in [4.69, 9.17) is 0 Å². The maximum atomic E-state index is 12.7. The lowest BCUT2D eigenvalue weighted by Gasteiger charge is -2.25. The zero-order valence-electron chi connectivity index (χ0n) is 11.7. The van der Waals surface area contributed by atoms with Gasteiger partial charge in [-0.25, -0.2) is 0 Å². The molecule has 1 atom stereocenters. The second-order valence-electron chi connectivity index (χ2n) is 5.41. The first kappa shape index (κ1) is 15.8. The number of benzene rings is 1. The van der Waals surface area contributed by atoms with Gasteiger partial charge in [0.05, 0.1) is 0 Å². The largest absolute Gasteiger partial charge is 0.406 e. The molecule has 1 fully saturated rings. The van der Waals surface area contributed by atoms with Gasteiger partial charge in [0, 0.05) is 13.0 Å². The van der Waals surface area contributed by atoms with Gasteiger partial charge in [-0.05, 0) is 31.0 Å². The standard InChI is InChI=1S/C15H19F3N2O/c16-15(17,18)11-20(10-12-4-2-1-3-5-12)14(21)8-13-6-7-19-9-13/h1-5,13,19H,6-11H2/t13-/m1/s1. The van der Waals surface area contributed by atoms with Crippen LogP contribution in [0.2, 0.25) is 0 Å². The number of rotatable bonds is 5. The number of carbonyl (C=O) groups excluding carboxylic acids is 1. The SMILES string of the molecule is O=C(C[C@H]1CCNC1)N(Cc1ccccc1)CC(F)(F)F. The van der Waals surface area contributed by atoms with E-state index in [-0.39, 0.29) is 18.9 Å². The fourth-order valence-electron chi connectivity index (χ4n) is 2.52. The minimum atomic E-state index is -4.38. The Labute approximate surface area is 122 Å². The number of carbonyl (C=O) groups is 1. The predicted octanol–water partition coefficient (Wildman–Crippen LogP) is 2.58. The Bertz CT molecular complexity index is 456. The van der Waals surface area contributed by atoms with Crippen LogP contribution in [-0.4, -0.2) is 36.6 Å². The Kier molecular flexibility index (Phi) is 5.22. The molecule has 0 aliphatic carbocycles. The number of nitrogens with one attached hydrogen (secondary N) is 1. The number of hydrogen-bond donors (Lipinski definition) is 1. The highest BCUT2D eigenvalue weighted by molar-refractivity contribution is 5.76. The Morgan fingerprint density at radius 2 is 2.00 bits per heavy atom. The summed E-state index contributed by atoms with van der Waals surface area (Å²) in [7, 11) is 0. The van der Waals surface area contributed by atoms with Crippen molar-refractivity contribution in [2.75, 3.05) is 19.6 Å². The van der Waals surface area contributed by atoms with Crippen LogP contribution in [0.3, 0.4) is 0 Å². The minimum absolute atomic E-state index is 0.000663. The lowest BCUT2D eigenvalue weighted by atomic mass is 10.0. The summed E-state index contributed by atoms with van der Waals surface area (Å²) in [6.45, 7) is 0.340. The van der Waals surface area contributed by atoms with Gasteiger partial charge in [0.2, 0.25) is 5.91 Å². The van der Waals surface area contributed by atoms with Crippen LogP contribution in [0.4, 0.5) is 13.2 Å². The Balaban J connectivity index is 2.01. The predicted molar refractivity (Wildman–Crippen MR) is 73.5 cm³/mol. The fourth-order valence-corrected chi connectivity index (χ4v) is 2.52. The van der Waals surface area contributed by atoms with Gasteiger partial charge in [-0.3, -0.25) is 4.79 Å². The highest BCUT2D eigenvalue weighted by Gasteiger charge is 2.33. The summed E-state index contributed by atoms with van der Waals surface area (Å²) in [5.74, 6) is -0.283. The molecule has 0 aromatic heterocycles. The van der Waals surface area contributed by atoms with Crippen molar-refractivity contribution in [3.8, 4) is 0 Å². The molecule has 21 heavy (non-hydrogen) atoms. The average Bonchev–Trinajstić information content (AvgIpc) is 2.90. The van der Waals surface area contributed by atoms with Gasteiger partial charge in [0.15, 0.2) is 0 Å². The topological polar surface area (TPSA) is 32.3 Å². The maximum Gasteiger partial charge on any atom is 0.406 e. The zero-order valence-corrected chi connectivity index (χ0v) is 11.7. The van der Waals surface area contributed by atoms with Crippen LogP contribution >= 0.6 is 0 Å². The molecule has 0 spiro atoms. The third kappa shape index (κ3) is 5.38. The molecule has 116 valence electrons. The molecule has 6 heteroatoms.